The fourth-order valence-corrected chi connectivity index (χ4v) is 4.54. The SMILES string of the molecule is CC(C)(CCOc1cccc(CCCn2cc(C(c3ccccc3)c3ccccc3)ccc2=O)c1)C(=O)O. The molecule has 1 heterocycles. The van der Waals surface area contributed by atoms with Crippen LogP contribution in [0, 0.1) is 5.41 Å². The number of carboxylic acid groups (broad SMARTS) is 1. The number of hydrogen-bond acceptors (Lipinski definition) is 3. The number of pyridine rings is 1. The molecule has 0 fully saturated rings. The highest BCUT2D eigenvalue weighted by Crippen LogP contribution is 2.31. The van der Waals surface area contributed by atoms with Crippen molar-refractivity contribution in [3.8, 4) is 5.75 Å². The number of aryl methyl sites for hydroxylation is 2. The predicted molar refractivity (Wildman–Crippen MR) is 151 cm³/mol. The molecule has 0 radical (unpaired) electrons. The third kappa shape index (κ3) is 7.00. The van der Waals surface area contributed by atoms with Gasteiger partial charge in [0, 0.05) is 24.7 Å². The van der Waals surface area contributed by atoms with Crippen LogP contribution >= 0.6 is 0 Å². The second-order valence-corrected chi connectivity index (χ2v) is 10.3. The molecule has 0 saturated heterocycles. The second-order valence-electron chi connectivity index (χ2n) is 10.3. The summed E-state index contributed by atoms with van der Waals surface area (Å²) in [6.45, 7) is 4.36. The van der Waals surface area contributed by atoms with Crippen molar-refractivity contribution in [2.75, 3.05) is 6.61 Å². The fourth-order valence-electron chi connectivity index (χ4n) is 4.54. The highest BCUT2D eigenvalue weighted by molar-refractivity contribution is 5.73. The van der Waals surface area contributed by atoms with Crippen molar-refractivity contribution in [3.63, 3.8) is 0 Å². The van der Waals surface area contributed by atoms with Crippen molar-refractivity contribution in [3.05, 3.63) is 136 Å². The van der Waals surface area contributed by atoms with Crippen molar-refractivity contribution in [1.29, 1.82) is 0 Å². The van der Waals surface area contributed by atoms with Gasteiger partial charge in [-0.1, -0.05) is 78.9 Å². The number of carboxylic acids is 1. The number of benzene rings is 3. The molecule has 0 saturated carbocycles. The molecule has 1 N–H and O–H groups in total. The standard InChI is InChI=1S/C33H35NO4/c1-33(2,32(36)37)20-22-38-29-17-9-11-25(23-29)12-10-21-34-24-28(18-19-30(34)35)31(26-13-5-3-6-14-26)27-15-7-4-8-16-27/h3-9,11,13-19,23-24,31H,10,12,20-22H2,1-2H3,(H,36,37). The van der Waals surface area contributed by atoms with Gasteiger partial charge in [0.15, 0.2) is 0 Å². The zero-order chi connectivity index (χ0) is 27.0. The van der Waals surface area contributed by atoms with Crippen LogP contribution in [0.5, 0.6) is 5.75 Å². The van der Waals surface area contributed by atoms with E-state index in [1.54, 1.807) is 19.9 Å². The lowest BCUT2D eigenvalue weighted by molar-refractivity contribution is -0.147. The summed E-state index contributed by atoms with van der Waals surface area (Å²) in [5, 5.41) is 9.28. The molecule has 0 aliphatic carbocycles. The molecule has 0 amide bonds. The van der Waals surface area contributed by atoms with Gasteiger partial charge in [-0.15, -0.1) is 0 Å². The highest BCUT2D eigenvalue weighted by atomic mass is 16.5. The minimum Gasteiger partial charge on any atom is -0.494 e. The Labute approximate surface area is 224 Å². The van der Waals surface area contributed by atoms with E-state index < -0.39 is 11.4 Å². The van der Waals surface area contributed by atoms with Gasteiger partial charge in [-0.25, -0.2) is 0 Å². The molecule has 4 rings (SSSR count). The third-order valence-corrected chi connectivity index (χ3v) is 6.94. The van der Waals surface area contributed by atoms with Gasteiger partial charge in [-0.05, 0) is 67.5 Å². The Morgan fingerprint density at radius 1 is 0.868 bits per heavy atom. The Kier molecular flexibility index (Phi) is 8.80. The molecule has 4 aromatic rings. The lowest BCUT2D eigenvalue weighted by atomic mass is 9.86. The molecule has 38 heavy (non-hydrogen) atoms. The molecule has 0 aliphatic rings. The average Bonchev–Trinajstić information content (AvgIpc) is 2.92. The van der Waals surface area contributed by atoms with E-state index in [4.69, 9.17) is 4.74 Å². The molecule has 5 heteroatoms. The molecule has 0 bridgehead atoms. The van der Waals surface area contributed by atoms with Crippen LogP contribution < -0.4 is 10.3 Å². The molecule has 0 atom stereocenters. The predicted octanol–water partition coefficient (Wildman–Crippen LogP) is 6.54. The summed E-state index contributed by atoms with van der Waals surface area (Å²) >= 11 is 0. The first-order valence-corrected chi connectivity index (χ1v) is 13.1. The van der Waals surface area contributed by atoms with Gasteiger partial charge in [0.05, 0.1) is 12.0 Å². The lowest BCUT2D eigenvalue weighted by Crippen LogP contribution is -2.25. The van der Waals surface area contributed by atoms with Crippen LogP contribution in [-0.4, -0.2) is 22.2 Å². The maximum atomic E-state index is 12.7. The van der Waals surface area contributed by atoms with Crippen molar-refractivity contribution >= 4 is 5.97 Å². The fraction of sp³-hybridized carbons (Fsp3) is 0.273. The van der Waals surface area contributed by atoms with E-state index in [2.05, 4.69) is 24.3 Å². The van der Waals surface area contributed by atoms with E-state index in [0.29, 0.717) is 19.6 Å². The smallest absolute Gasteiger partial charge is 0.309 e. The minimum absolute atomic E-state index is 0.00764. The summed E-state index contributed by atoms with van der Waals surface area (Å²) in [6, 6.07) is 32.2. The molecule has 0 unspecified atom stereocenters. The third-order valence-electron chi connectivity index (χ3n) is 6.94. The van der Waals surface area contributed by atoms with E-state index in [0.717, 1.165) is 29.7 Å². The second kappa shape index (κ2) is 12.4. The number of aromatic nitrogens is 1. The van der Waals surface area contributed by atoms with E-state index in [-0.39, 0.29) is 11.5 Å². The summed E-state index contributed by atoms with van der Waals surface area (Å²) < 4.78 is 7.63. The van der Waals surface area contributed by atoms with Gasteiger partial charge < -0.3 is 14.4 Å². The summed E-state index contributed by atoms with van der Waals surface area (Å²) in [6.07, 6.45) is 4.03. The average molecular weight is 510 g/mol. The maximum Gasteiger partial charge on any atom is 0.309 e. The van der Waals surface area contributed by atoms with Crippen LogP contribution in [0.4, 0.5) is 0 Å². The number of nitrogens with zero attached hydrogens (tertiary/aromatic N) is 1. The first-order valence-electron chi connectivity index (χ1n) is 13.1. The molecule has 0 aliphatic heterocycles. The van der Waals surface area contributed by atoms with Gasteiger partial charge >= 0.3 is 5.97 Å². The monoisotopic (exact) mass is 509 g/mol. The summed E-state index contributed by atoms with van der Waals surface area (Å²) in [5.74, 6) is -0.0476. The summed E-state index contributed by atoms with van der Waals surface area (Å²) in [4.78, 5) is 24.0. The van der Waals surface area contributed by atoms with Crippen molar-refractivity contribution in [2.45, 2.75) is 45.6 Å². The van der Waals surface area contributed by atoms with E-state index in [1.165, 1.54) is 11.1 Å². The highest BCUT2D eigenvalue weighted by Gasteiger charge is 2.26. The van der Waals surface area contributed by atoms with Gasteiger partial charge in [-0.2, -0.15) is 0 Å². The lowest BCUT2D eigenvalue weighted by Gasteiger charge is -2.20. The zero-order valence-corrected chi connectivity index (χ0v) is 22.0. The largest absolute Gasteiger partial charge is 0.494 e. The Morgan fingerprint density at radius 3 is 2.16 bits per heavy atom. The normalized spacial score (nSPS) is 11.4. The summed E-state index contributed by atoms with van der Waals surface area (Å²) in [5.41, 5.74) is 3.75. The topological polar surface area (TPSA) is 68.5 Å². The first-order chi connectivity index (χ1) is 18.3. The Morgan fingerprint density at radius 2 is 1.53 bits per heavy atom. The molecule has 3 aromatic carbocycles. The first kappa shape index (κ1) is 26.9. The van der Waals surface area contributed by atoms with Crippen LogP contribution in [0.15, 0.2) is 108 Å². The molecule has 196 valence electrons. The number of ether oxygens (including phenoxy) is 1. The number of carbonyl (C=O) groups is 1. The molecular weight excluding hydrogens is 474 g/mol. The van der Waals surface area contributed by atoms with Crippen LogP contribution in [-0.2, 0) is 17.8 Å². The maximum absolute atomic E-state index is 12.7. The van der Waals surface area contributed by atoms with Crippen LogP contribution in [0.25, 0.3) is 0 Å². The van der Waals surface area contributed by atoms with Crippen molar-refractivity contribution in [1.82, 2.24) is 4.57 Å². The van der Waals surface area contributed by atoms with Crippen LogP contribution in [0.2, 0.25) is 0 Å². The Hall–Kier alpha value is -4.12. The molecule has 0 spiro atoms. The van der Waals surface area contributed by atoms with Crippen LogP contribution in [0.3, 0.4) is 0 Å². The van der Waals surface area contributed by atoms with Crippen molar-refractivity contribution < 1.29 is 14.6 Å². The number of aliphatic carboxylic acids is 1. The molecule has 5 nitrogen and oxygen atoms in total. The Bertz CT molecular complexity index is 1350. The van der Waals surface area contributed by atoms with Gasteiger partial charge in [-0.3, -0.25) is 9.59 Å². The van der Waals surface area contributed by atoms with Crippen LogP contribution in [0.1, 0.15) is 54.9 Å². The number of hydrogen-bond donors (Lipinski definition) is 1. The van der Waals surface area contributed by atoms with E-state index in [9.17, 15) is 14.7 Å². The molecule has 1 aromatic heterocycles. The minimum atomic E-state index is -0.826. The van der Waals surface area contributed by atoms with Crippen molar-refractivity contribution in [2.24, 2.45) is 5.41 Å². The van der Waals surface area contributed by atoms with E-state index in [1.807, 2.05) is 77.5 Å². The van der Waals surface area contributed by atoms with Gasteiger partial charge in [0.25, 0.3) is 5.56 Å². The molecular formula is C33H35NO4. The Balaban J connectivity index is 1.43. The zero-order valence-electron chi connectivity index (χ0n) is 22.0. The number of rotatable bonds is 12. The van der Waals surface area contributed by atoms with Gasteiger partial charge in [0.1, 0.15) is 5.75 Å². The summed E-state index contributed by atoms with van der Waals surface area (Å²) in [7, 11) is 0. The van der Waals surface area contributed by atoms with E-state index >= 15 is 0 Å². The van der Waals surface area contributed by atoms with Gasteiger partial charge in [0.2, 0.25) is 0 Å². The quantitative estimate of drug-likeness (QED) is 0.235.